The van der Waals surface area contributed by atoms with Gasteiger partial charge in [0, 0.05) is 5.56 Å². The highest BCUT2D eigenvalue weighted by Crippen LogP contribution is 2.38. The number of aliphatic hydroxyl groups excluding tert-OH is 1. The monoisotopic (exact) mass is 320 g/mol. The molecular formula is C12H8BrF3O2. The summed E-state index contributed by atoms with van der Waals surface area (Å²) >= 11 is 3.03. The van der Waals surface area contributed by atoms with E-state index in [2.05, 4.69) is 15.9 Å². The summed E-state index contributed by atoms with van der Waals surface area (Å²) < 4.78 is 43.5. The van der Waals surface area contributed by atoms with E-state index in [1.807, 2.05) is 0 Å². The van der Waals surface area contributed by atoms with Crippen LogP contribution < -0.4 is 0 Å². The number of rotatable bonds is 2. The summed E-state index contributed by atoms with van der Waals surface area (Å²) in [5.41, 5.74) is -0.801. The molecule has 0 radical (unpaired) electrons. The molecule has 1 aromatic carbocycles. The second-order valence-electron chi connectivity index (χ2n) is 3.64. The standard InChI is InChI=1S/C12H8BrF3O2/c13-11-8(5-6-18-11)10(17)7-3-1-2-4-9(7)12(14,15)16/h1-6,10,17H. The summed E-state index contributed by atoms with van der Waals surface area (Å²) in [6.45, 7) is 0. The third-order valence-corrected chi connectivity index (χ3v) is 3.15. The maximum Gasteiger partial charge on any atom is 0.416 e. The molecule has 0 fully saturated rings. The zero-order valence-corrected chi connectivity index (χ0v) is 10.5. The Kier molecular flexibility index (Phi) is 3.49. The van der Waals surface area contributed by atoms with Crippen molar-refractivity contribution >= 4 is 15.9 Å². The largest absolute Gasteiger partial charge is 0.457 e. The molecule has 2 rings (SSSR count). The summed E-state index contributed by atoms with van der Waals surface area (Å²) in [4.78, 5) is 0. The molecule has 1 N–H and O–H groups in total. The zero-order valence-electron chi connectivity index (χ0n) is 8.91. The Hall–Kier alpha value is -1.27. The van der Waals surface area contributed by atoms with Gasteiger partial charge in [0.1, 0.15) is 6.10 Å². The average Bonchev–Trinajstić information content (AvgIpc) is 2.73. The molecule has 0 amide bonds. The molecule has 0 aliphatic carbocycles. The minimum atomic E-state index is -4.51. The smallest absolute Gasteiger partial charge is 0.416 e. The normalized spacial score (nSPS) is 13.6. The lowest BCUT2D eigenvalue weighted by molar-refractivity contribution is -0.139. The highest BCUT2D eigenvalue weighted by molar-refractivity contribution is 9.10. The molecule has 0 saturated carbocycles. The summed E-state index contributed by atoms with van der Waals surface area (Å²) in [6.07, 6.45) is -4.61. The van der Waals surface area contributed by atoms with Crippen molar-refractivity contribution in [1.82, 2.24) is 0 Å². The van der Waals surface area contributed by atoms with Crippen LogP contribution in [-0.2, 0) is 6.18 Å². The molecule has 0 saturated heterocycles. The van der Waals surface area contributed by atoms with Crippen LogP contribution >= 0.6 is 15.9 Å². The van der Waals surface area contributed by atoms with E-state index >= 15 is 0 Å². The van der Waals surface area contributed by atoms with E-state index in [4.69, 9.17) is 4.42 Å². The third-order valence-electron chi connectivity index (χ3n) is 2.50. The molecule has 2 aromatic rings. The third kappa shape index (κ3) is 2.44. The Morgan fingerprint density at radius 2 is 1.78 bits per heavy atom. The molecule has 0 aliphatic heterocycles. The van der Waals surface area contributed by atoms with Crippen LogP contribution in [0.15, 0.2) is 45.7 Å². The molecule has 1 heterocycles. The number of alkyl halides is 3. The zero-order chi connectivity index (χ0) is 13.3. The first-order chi connectivity index (χ1) is 8.41. The van der Waals surface area contributed by atoms with E-state index in [0.717, 1.165) is 6.07 Å². The van der Waals surface area contributed by atoms with E-state index in [1.165, 1.54) is 30.5 Å². The number of aliphatic hydroxyl groups is 1. The van der Waals surface area contributed by atoms with E-state index in [-0.39, 0.29) is 15.8 Å². The molecular weight excluding hydrogens is 313 g/mol. The van der Waals surface area contributed by atoms with E-state index in [9.17, 15) is 18.3 Å². The van der Waals surface area contributed by atoms with Crippen LogP contribution in [0.3, 0.4) is 0 Å². The van der Waals surface area contributed by atoms with Crippen molar-refractivity contribution in [3.8, 4) is 0 Å². The second kappa shape index (κ2) is 4.78. The molecule has 0 bridgehead atoms. The second-order valence-corrected chi connectivity index (χ2v) is 4.36. The Labute approximate surface area is 109 Å². The van der Waals surface area contributed by atoms with Gasteiger partial charge in [-0.25, -0.2) is 0 Å². The lowest BCUT2D eigenvalue weighted by Crippen LogP contribution is -2.12. The fraction of sp³-hybridized carbons (Fsp3) is 0.167. The molecule has 1 unspecified atom stereocenters. The minimum Gasteiger partial charge on any atom is -0.457 e. The fourth-order valence-electron chi connectivity index (χ4n) is 1.66. The molecule has 0 aliphatic rings. The number of hydrogen-bond acceptors (Lipinski definition) is 2. The molecule has 0 spiro atoms. The van der Waals surface area contributed by atoms with Crippen molar-refractivity contribution in [1.29, 1.82) is 0 Å². The maximum atomic E-state index is 12.8. The van der Waals surface area contributed by atoms with Crippen molar-refractivity contribution in [2.75, 3.05) is 0 Å². The van der Waals surface area contributed by atoms with E-state index in [1.54, 1.807) is 0 Å². The van der Waals surface area contributed by atoms with E-state index in [0.29, 0.717) is 0 Å². The van der Waals surface area contributed by atoms with Crippen LogP contribution in [0.5, 0.6) is 0 Å². The summed E-state index contributed by atoms with van der Waals surface area (Å²) in [5.74, 6) is 0. The maximum absolute atomic E-state index is 12.8. The van der Waals surface area contributed by atoms with Crippen LogP contribution in [0.1, 0.15) is 22.8 Å². The first kappa shape index (κ1) is 13.2. The van der Waals surface area contributed by atoms with Gasteiger partial charge in [0.15, 0.2) is 4.67 Å². The fourth-order valence-corrected chi connectivity index (χ4v) is 2.12. The summed E-state index contributed by atoms with van der Waals surface area (Å²) in [5, 5.41) is 10.0. The average molecular weight is 321 g/mol. The van der Waals surface area contributed by atoms with Gasteiger partial charge < -0.3 is 9.52 Å². The molecule has 2 nitrogen and oxygen atoms in total. The van der Waals surface area contributed by atoms with Gasteiger partial charge in [-0.1, -0.05) is 18.2 Å². The quantitative estimate of drug-likeness (QED) is 0.902. The van der Waals surface area contributed by atoms with Crippen molar-refractivity contribution in [2.24, 2.45) is 0 Å². The Bertz CT molecular complexity index is 548. The highest BCUT2D eigenvalue weighted by atomic mass is 79.9. The van der Waals surface area contributed by atoms with Gasteiger partial charge in [-0.15, -0.1) is 0 Å². The van der Waals surface area contributed by atoms with Crippen LogP contribution in [0.4, 0.5) is 13.2 Å². The van der Waals surface area contributed by atoms with Crippen LogP contribution in [-0.4, -0.2) is 5.11 Å². The van der Waals surface area contributed by atoms with Gasteiger partial charge in [-0.2, -0.15) is 13.2 Å². The van der Waals surface area contributed by atoms with Gasteiger partial charge in [-0.3, -0.25) is 0 Å². The van der Waals surface area contributed by atoms with Crippen molar-refractivity contribution in [2.45, 2.75) is 12.3 Å². The van der Waals surface area contributed by atoms with Gasteiger partial charge in [0.25, 0.3) is 0 Å². The number of hydrogen-bond donors (Lipinski definition) is 1. The SMILES string of the molecule is OC(c1ccccc1C(F)(F)F)c1ccoc1Br. The van der Waals surface area contributed by atoms with Crippen molar-refractivity contribution < 1.29 is 22.7 Å². The van der Waals surface area contributed by atoms with Gasteiger partial charge >= 0.3 is 6.18 Å². The molecule has 1 aromatic heterocycles. The summed E-state index contributed by atoms with van der Waals surface area (Å²) in [7, 11) is 0. The first-order valence-electron chi connectivity index (χ1n) is 4.98. The highest BCUT2D eigenvalue weighted by Gasteiger charge is 2.35. The predicted octanol–water partition coefficient (Wildman–Crippen LogP) is 4.14. The lowest BCUT2D eigenvalue weighted by atomic mass is 9.98. The predicted molar refractivity (Wildman–Crippen MR) is 61.9 cm³/mol. The Balaban J connectivity index is 2.49. The van der Waals surface area contributed by atoms with Gasteiger partial charge in [0.05, 0.1) is 11.8 Å². The van der Waals surface area contributed by atoms with E-state index < -0.39 is 17.8 Å². The molecule has 96 valence electrons. The molecule has 18 heavy (non-hydrogen) atoms. The molecule has 6 heteroatoms. The van der Waals surface area contributed by atoms with Gasteiger partial charge in [0.2, 0.25) is 0 Å². The Morgan fingerprint density at radius 1 is 1.11 bits per heavy atom. The lowest BCUT2D eigenvalue weighted by Gasteiger charge is -2.16. The van der Waals surface area contributed by atoms with Crippen LogP contribution in [0.25, 0.3) is 0 Å². The van der Waals surface area contributed by atoms with Crippen LogP contribution in [0, 0.1) is 0 Å². The topological polar surface area (TPSA) is 33.4 Å². The number of halogens is 4. The van der Waals surface area contributed by atoms with Crippen molar-refractivity contribution in [3.05, 3.63) is 58.0 Å². The summed E-state index contributed by atoms with van der Waals surface area (Å²) in [6, 6.07) is 6.33. The Morgan fingerprint density at radius 3 is 2.33 bits per heavy atom. The first-order valence-corrected chi connectivity index (χ1v) is 5.77. The number of benzene rings is 1. The van der Waals surface area contributed by atoms with Gasteiger partial charge in [-0.05, 0) is 33.6 Å². The molecule has 1 atom stereocenters. The van der Waals surface area contributed by atoms with Crippen LogP contribution in [0.2, 0.25) is 0 Å². The van der Waals surface area contributed by atoms with Crippen molar-refractivity contribution in [3.63, 3.8) is 0 Å². The minimum absolute atomic E-state index is 0.202. The number of furan rings is 1.